The third-order valence-electron chi connectivity index (χ3n) is 19.2. The van der Waals surface area contributed by atoms with E-state index in [4.69, 9.17) is 56.9 Å². The molecule has 16 rings (SSSR count). The number of imidazole rings is 3. The van der Waals surface area contributed by atoms with E-state index >= 15 is 0 Å². The molecule has 624 valence electrons. The van der Waals surface area contributed by atoms with Crippen molar-refractivity contribution in [3.05, 3.63) is 295 Å². The Balaban J connectivity index is 0.000000167. The van der Waals surface area contributed by atoms with Crippen molar-refractivity contribution in [2.45, 2.75) is 106 Å². The molecular formula is C77H74BBr2N17Na2O21S2. The summed E-state index contributed by atoms with van der Waals surface area (Å²) >= 11 is 9.21. The third kappa shape index (κ3) is 22.3. The van der Waals surface area contributed by atoms with Crippen LogP contribution in [-0.4, -0.2) is 148 Å². The first kappa shape index (κ1) is 94.1. The average Bonchev–Trinajstić information content (AvgIpc) is 1.67. The van der Waals surface area contributed by atoms with Crippen LogP contribution < -0.4 is 45.0 Å². The number of anilines is 4. The van der Waals surface area contributed by atoms with Gasteiger partial charge in [-0.3, -0.25) is 68.9 Å². The van der Waals surface area contributed by atoms with Crippen LogP contribution in [0.4, 0.5) is 45.5 Å². The summed E-state index contributed by atoms with van der Waals surface area (Å²) in [4.78, 5) is 97.6. The molecule has 8 aromatic carbocycles. The second-order valence-corrected chi connectivity index (χ2v) is 32.1. The van der Waals surface area contributed by atoms with Crippen LogP contribution in [0.5, 0.6) is 0 Å². The van der Waals surface area contributed by atoms with Crippen LogP contribution in [0.25, 0.3) is 55.4 Å². The average molecular weight is 1850 g/mol. The molecule has 14 aromatic rings. The van der Waals surface area contributed by atoms with E-state index in [0.717, 1.165) is 61.7 Å². The number of nitro benzene ring substituents is 4. The molecule has 2 aliphatic heterocycles. The number of carbonyl (C=O) groups excluding carboxylic acids is 1. The first-order chi connectivity index (χ1) is 57.6. The maximum absolute atomic E-state index is 12.5. The number of halogens is 2. The van der Waals surface area contributed by atoms with Crippen LogP contribution in [-0.2, 0) is 58.7 Å². The molecule has 0 radical (unpaired) electrons. The zero-order chi connectivity index (χ0) is 89.7. The zero-order valence-electron chi connectivity index (χ0n) is 67.3. The van der Waals surface area contributed by atoms with Crippen molar-refractivity contribution in [3.63, 3.8) is 0 Å². The second kappa shape index (κ2) is 40.8. The number of benzene rings is 8. The van der Waals surface area contributed by atoms with Crippen LogP contribution >= 0.6 is 31.9 Å². The van der Waals surface area contributed by atoms with Crippen molar-refractivity contribution in [2.75, 3.05) is 22.5 Å². The maximum atomic E-state index is 12.5. The quantitative estimate of drug-likeness (QED) is 0.0244. The standard InChI is InChI=1S/C19H16N4O4.C19H18N4O2.C14H10BrN3O3.C11H18BNO3.C8H6N2O3.C6H6BrN3O2.2Na.O4S2/c1-11-17(12(2)27-21-11)14-8-15-18(16(9-14)23(25)26)20-19(24)22(15)10-13-6-4-3-5-7-13;1-11-17(12(2)25-22-11)14-8-15(20)18-16(9-14)23(19(24)21-18)10-13-6-4-3-5-7-13;15-10-6-11-13(12(7-10)18(20)21)16-14(19)17(11)8-9-4-2-1-3-5-9;1-7-9(8(2)14-13-7)12-15-10(3,4)11(5,6)16-12;11-7-4-5-2-1-3-6(10(12)13)8(5)9-7;7-3-1-4(8)6(9)5(2-3)10(11)12;;;1-5(2)6(3)4/h3-9H,10H2,1-2H3,(H,20,24);3-9H,10,20H2,1-2H3,(H,21,24);1-7H,8H2,(H,16,19);1-6H3;1-3H,4H2,(H,9,11);1-2H,8-9H2;;;. The Morgan fingerprint density at radius 3 is 1.25 bits per heavy atom. The molecule has 0 spiro atoms. The molecule has 1 fully saturated rings. The van der Waals surface area contributed by atoms with E-state index in [2.05, 4.69) is 67.6 Å². The molecule has 122 heavy (non-hydrogen) atoms. The van der Waals surface area contributed by atoms with E-state index in [-0.39, 0.29) is 87.2 Å². The Morgan fingerprint density at radius 1 is 0.475 bits per heavy atom. The molecule has 8 heterocycles. The SMILES string of the molecule is Cc1noc(C)c1-c1cc(N)c2[nH]c(=O)n(Cc3ccccc3)c2c1.Cc1noc(C)c1-c1cc([N+](=O)[O-])c2[nH]c(=O)n(Cc3ccccc3)c2c1.Cc1noc(C)c1B1OC(C)(C)C(C)(C)O1.Nc1cc(Br)cc([N+](=O)[O-])c1N.O=C1Cc2cccc([N+](=O)[O-])c2N1.O=S(=O)=S(=O)=O.O=c1[nH]c2c([N+](=O)[O-])cc(Br)cc2n1Cc1ccccc1.[Na][Na]. The number of hydrogen-bond donors (Lipinski definition) is 7. The van der Waals surface area contributed by atoms with Crippen LogP contribution in [0.3, 0.4) is 0 Å². The minimum atomic E-state index is -2.95. The molecule has 0 bridgehead atoms. The van der Waals surface area contributed by atoms with Gasteiger partial charge >= 0.3 is 86.3 Å². The van der Waals surface area contributed by atoms with Crippen molar-refractivity contribution in [1.29, 1.82) is 0 Å². The van der Waals surface area contributed by atoms with E-state index in [9.17, 15) is 59.6 Å². The van der Waals surface area contributed by atoms with Gasteiger partial charge in [-0.15, -0.1) is 0 Å². The number of hydrogen-bond acceptors (Lipinski definition) is 27. The number of nitro groups is 4. The van der Waals surface area contributed by atoms with Gasteiger partial charge in [-0.05, 0) is 133 Å². The van der Waals surface area contributed by atoms with Gasteiger partial charge in [-0.25, -0.2) is 14.4 Å². The molecule has 45 heteroatoms. The molecule has 0 saturated carbocycles. The van der Waals surface area contributed by atoms with Crippen LogP contribution in [0.2, 0.25) is 0 Å². The number of nitrogen functional groups attached to an aromatic ring is 3. The molecule has 2 aliphatic rings. The Morgan fingerprint density at radius 2 is 0.852 bits per heavy atom. The van der Waals surface area contributed by atoms with Gasteiger partial charge in [0.25, 0.3) is 22.7 Å². The van der Waals surface area contributed by atoms with Gasteiger partial charge in [-0.2, -0.15) is 16.8 Å². The van der Waals surface area contributed by atoms with Crippen LogP contribution in [0.1, 0.15) is 84.3 Å². The predicted octanol–water partition coefficient (Wildman–Crippen LogP) is 11.9. The number of nitrogens with one attached hydrogen (secondary N) is 4. The number of non-ortho nitro benzene ring substituents is 2. The van der Waals surface area contributed by atoms with Crippen molar-refractivity contribution >= 4 is 191 Å². The van der Waals surface area contributed by atoms with E-state index in [1.165, 1.54) is 83.1 Å². The van der Waals surface area contributed by atoms with E-state index in [1.54, 1.807) is 42.7 Å². The molecule has 1 amide bonds. The summed E-state index contributed by atoms with van der Waals surface area (Å²) in [5.41, 5.74) is 28.7. The Labute approximate surface area is 739 Å². The summed E-state index contributed by atoms with van der Waals surface area (Å²) in [5, 5.41) is 57.9. The fourth-order valence-corrected chi connectivity index (χ4v) is 13.7. The van der Waals surface area contributed by atoms with Crippen molar-refractivity contribution < 1.29 is 64.2 Å². The molecule has 0 atom stereocenters. The number of aromatic nitrogens is 9. The summed E-state index contributed by atoms with van der Waals surface area (Å²) in [6.45, 7) is 20.3. The normalized spacial score (nSPS) is 12.5. The van der Waals surface area contributed by atoms with Crippen molar-refractivity contribution in [2.24, 2.45) is 0 Å². The predicted molar refractivity (Wildman–Crippen MR) is 466 cm³/mol. The zero-order valence-corrected chi connectivity index (χ0v) is 76.1. The Hall–Kier alpha value is -11.7. The van der Waals surface area contributed by atoms with Gasteiger partial charge < -0.3 is 50.4 Å². The monoisotopic (exact) mass is 1850 g/mol. The van der Waals surface area contributed by atoms with Gasteiger partial charge in [0.05, 0.1) is 107 Å². The summed E-state index contributed by atoms with van der Waals surface area (Å²) in [6.07, 6.45) is 0.233. The minimum absolute atomic E-state index is 0.00296. The van der Waals surface area contributed by atoms with Gasteiger partial charge in [0.1, 0.15) is 39.7 Å². The van der Waals surface area contributed by atoms with E-state index < -0.39 is 43.9 Å². The number of nitrogens with two attached hydrogens (primary N) is 3. The Kier molecular flexibility index (Phi) is 31.4. The topological polar surface area (TPSA) is 558 Å². The number of para-hydroxylation sites is 1. The number of rotatable bonds is 13. The van der Waals surface area contributed by atoms with Gasteiger partial charge in [0.15, 0.2) is 0 Å². The molecule has 38 nitrogen and oxygen atoms in total. The van der Waals surface area contributed by atoms with Gasteiger partial charge in [0.2, 0.25) is 5.91 Å². The summed E-state index contributed by atoms with van der Waals surface area (Å²) in [5.74, 6) is 1.86. The number of fused-ring (bicyclic) bond motifs is 4. The molecule has 0 aliphatic carbocycles. The first-order valence-corrected chi connectivity index (χ1v) is 48.9. The van der Waals surface area contributed by atoms with Crippen molar-refractivity contribution in [3.8, 4) is 22.3 Å². The number of nitrogens with zero attached hydrogens (tertiary/aromatic N) is 10. The second-order valence-electron chi connectivity index (χ2n) is 27.8. The summed E-state index contributed by atoms with van der Waals surface area (Å²) < 4.78 is 69.6. The van der Waals surface area contributed by atoms with E-state index in [1.807, 2.05) is 159 Å². The van der Waals surface area contributed by atoms with Gasteiger partial charge in [-0.1, -0.05) is 150 Å². The number of carbonyl (C=O) groups is 1. The molecule has 0 unspecified atom stereocenters. The number of amides is 1. The summed E-state index contributed by atoms with van der Waals surface area (Å²) in [6, 6.07) is 46.3. The third-order valence-corrected chi connectivity index (χ3v) is 21.0. The molecule has 1 saturated heterocycles. The van der Waals surface area contributed by atoms with Crippen LogP contribution in [0.15, 0.2) is 195 Å². The number of aryl methyl sites for hydroxylation is 6. The fourth-order valence-electron chi connectivity index (χ4n) is 12.8. The summed E-state index contributed by atoms with van der Waals surface area (Å²) in [7, 11) is -6.28. The molecule has 10 N–H and O–H groups in total. The van der Waals surface area contributed by atoms with Gasteiger partial charge in [0, 0.05) is 49.8 Å². The Bertz CT molecular complexity index is 6670. The fraction of sp³-hybridized carbons (Fsp3) is 0.208. The molecule has 6 aromatic heterocycles. The van der Waals surface area contributed by atoms with Crippen molar-refractivity contribution in [1.82, 2.24) is 44.1 Å². The molecular weight excluding hydrogens is 1780 g/mol. The van der Waals surface area contributed by atoms with E-state index in [0.29, 0.717) is 84.6 Å². The first-order valence-electron chi connectivity index (χ1n) is 36.7. The number of H-pyrrole nitrogens is 3. The number of aromatic amines is 3. The van der Waals surface area contributed by atoms with Crippen LogP contribution in [0, 0.1) is 82.0 Å².